The van der Waals surface area contributed by atoms with Crippen molar-refractivity contribution in [2.45, 2.75) is 19.4 Å². The third kappa shape index (κ3) is 3.23. The molecule has 1 amide bonds. The number of nitrogens with zero attached hydrogens (tertiary/aromatic N) is 1. The molecule has 1 heterocycles. The maximum atomic E-state index is 14.3. The molecule has 1 aliphatic heterocycles. The summed E-state index contributed by atoms with van der Waals surface area (Å²) >= 11 is 0. The molecule has 0 unspecified atom stereocenters. The minimum atomic E-state index is -0.826. The van der Waals surface area contributed by atoms with E-state index in [4.69, 9.17) is 0 Å². The van der Waals surface area contributed by atoms with Crippen LogP contribution < -0.4 is 4.90 Å². The van der Waals surface area contributed by atoms with E-state index in [0.717, 1.165) is 38.7 Å². The van der Waals surface area contributed by atoms with Crippen LogP contribution >= 0.6 is 0 Å². The van der Waals surface area contributed by atoms with Gasteiger partial charge in [0.2, 0.25) is 0 Å². The summed E-state index contributed by atoms with van der Waals surface area (Å²) < 4.78 is 0. The van der Waals surface area contributed by atoms with Gasteiger partial charge in [-0.15, -0.1) is 0 Å². The summed E-state index contributed by atoms with van der Waals surface area (Å²) in [6.07, 6.45) is 0. The lowest BCUT2D eigenvalue weighted by Gasteiger charge is -2.41. The molecule has 0 aliphatic carbocycles. The second-order valence-electron chi connectivity index (χ2n) is 10.4. The van der Waals surface area contributed by atoms with Crippen molar-refractivity contribution in [3.8, 4) is 0 Å². The van der Waals surface area contributed by atoms with E-state index in [1.807, 2.05) is 53.4 Å². The minimum absolute atomic E-state index is 0.0137. The third-order valence-electron chi connectivity index (χ3n) is 7.93. The molecule has 0 fully saturated rings. The molecular weight excluding hydrogens is 462 g/mol. The van der Waals surface area contributed by atoms with Gasteiger partial charge in [-0.25, -0.2) is 0 Å². The van der Waals surface area contributed by atoms with Crippen LogP contribution in [0.15, 0.2) is 127 Å². The van der Waals surface area contributed by atoms with E-state index in [-0.39, 0.29) is 5.91 Å². The van der Waals surface area contributed by atoms with Crippen molar-refractivity contribution < 1.29 is 4.79 Å². The van der Waals surface area contributed by atoms with Gasteiger partial charge in [-0.05, 0) is 82.4 Å². The van der Waals surface area contributed by atoms with Gasteiger partial charge in [0.1, 0.15) is 5.54 Å². The maximum Gasteiger partial charge on any atom is 0.260 e. The van der Waals surface area contributed by atoms with E-state index >= 15 is 0 Å². The normalized spacial score (nSPS) is 14.3. The Morgan fingerprint density at radius 2 is 1.03 bits per heavy atom. The fraction of sp³-hybridized carbons (Fsp3) is 0.0833. The van der Waals surface area contributed by atoms with Crippen LogP contribution in [0.2, 0.25) is 0 Å². The van der Waals surface area contributed by atoms with Crippen LogP contribution in [-0.4, -0.2) is 5.91 Å². The van der Waals surface area contributed by atoms with Crippen LogP contribution in [0.4, 0.5) is 5.69 Å². The fourth-order valence-electron chi connectivity index (χ4n) is 6.18. The van der Waals surface area contributed by atoms with Crippen LogP contribution in [-0.2, 0) is 5.54 Å². The number of hydrogen-bond acceptors (Lipinski definition) is 1. The summed E-state index contributed by atoms with van der Waals surface area (Å²) in [4.78, 5) is 16.3. The van der Waals surface area contributed by atoms with Crippen LogP contribution in [0.5, 0.6) is 0 Å². The Morgan fingerprint density at radius 1 is 0.526 bits per heavy atom. The van der Waals surface area contributed by atoms with Gasteiger partial charge in [0, 0.05) is 11.3 Å². The summed E-state index contributed by atoms with van der Waals surface area (Å²) in [7, 11) is 0. The first-order valence-electron chi connectivity index (χ1n) is 13.1. The average Bonchev–Trinajstić information content (AvgIpc) is 3.22. The molecule has 6 aromatic rings. The first-order chi connectivity index (χ1) is 18.6. The van der Waals surface area contributed by atoms with E-state index in [1.54, 1.807) is 0 Å². The quantitative estimate of drug-likeness (QED) is 0.244. The second-order valence-corrected chi connectivity index (χ2v) is 10.4. The lowest BCUT2D eigenvalue weighted by molar-refractivity contribution is 0.0986. The van der Waals surface area contributed by atoms with Gasteiger partial charge < -0.3 is 0 Å². The van der Waals surface area contributed by atoms with Gasteiger partial charge in [0.05, 0.1) is 0 Å². The summed E-state index contributed by atoms with van der Waals surface area (Å²) in [5.41, 5.74) is 6.41. The zero-order valence-electron chi connectivity index (χ0n) is 21.5. The van der Waals surface area contributed by atoms with E-state index in [1.165, 1.54) is 21.9 Å². The number of benzene rings is 6. The molecule has 2 heteroatoms. The summed E-state index contributed by atoms with van der Waals surface area (Å²) in [6, 6.07) is 44.6. The lowest BCUT2D eigenvalue weighted by atomic mass is 9.75. The molecule has 0 aromatic heterocycles. The first kappa shape index (κ1) is 22.5. The topological polar surface area (TPSA) is 20.3 Å². The highest BCUT2D eigenvalue weighted by atomic mass is 16.2. The second kappa shape index (κ2) is 8.43. The molecule has 0 spiro atoms. The highest BCUT2D eigenvalue weighted by molar-refractivity contribution is 6.14. The van der Waals surface area contributed by atoms with Crippen LogP contribution in [0.25, 0.3) is 21.5 Å². The van der Waals surface area contributed by atoms with Crippen molar-refractivity contribution in [2.75, 3.05) is 4.90 Å². The summed E-state index contributed by atoms with van der Waals surface area (Å²) in [5, 5.41) is 4.71. The zero-order chi connectivity index (χ0) is 25.9. The minimum Gasteiger partial charge on any atom is -0.290 e. The predicted molar refractivity (Wildman–Crippen MR) is 157 cm³/mol. The standard InChI is InChI=1S/C36H27NO/c1-24-12-14-28-22-30(18-16-26(28)20-24)36(31-19-17-27-21-25(2)13-15-29(27)23-31)34-11-7-6-10-33(34)35(38)37(36)32-8-4-3-5-9-32/h3-23H,1-2H3. The molecule has 1 aliphatic rings. The molecule has 0 saturated carbocycles. The molecule has 0 bridgehead atoms. The number of rotatable bonds is 3. The van der Waals surface area contributed by atoms with Gasteiger partial charge in [-0.1, -0.05) is 108 Å². The number of carbonyl (C=O) groups is 1. The largest absolute Gasteiger partial charge is 0.290 e. The number of fused-ring (bicyclic) bond motifs is 3. The maximum absolute atomic E-state index is 14.3. The van der Waals surface area contributed by atoms with E-state index in [9.17, 15) is 4.79 Å². The van der Waals surface area contributed by atoms with Crippen molar-refractivity contribution in [1.29, 1.82) is 0 Å². The number of hydrogen-bond donors (Lipinski definition) is 0. The van der Waals surface area contributed by atoms with E-state index in [2.05, 4.69) is 92.7 Å². The fourth-order valence-corrected chi connectivity index (χ4v) is 6.18. The Morgan fingerprint density at radius 3 is 1.63 bits per heavy atom. The molecule has 0 atom stereocenters. The number of aryl methyl sites for hydroxylation is 2. The number of para-hydroxylation sites is 1. The highest BCUT2D eigenvalue weighted by Crippen LogP contribution is 2.51. The Bertz CT molecular complexity index is 1780. The predicted octanol–water partition coefficient (Wildman–Crippen LogP) is 8.56. The van der Waals surface area contributed by atoms with Crippen LogP contribution in [0.3, 0.4) is 0 Å². The van der Waals surface area contributed by atoms with Crippen molar-refractivity contribution in [3.63, 3.8) is 0 Å². The first-order valence-corrected chi connectivity index (χ1v) is 13.1. The van der Waals surface area contributed by atoms with Gasteiger partial charge in [0.25, 0.3) is 5.91 Å². The van der Waals surface area contributed by atoms with Gasteiger partial charge >= 0.3 is 0 Å². The van der Waals surface area contributed by atoms with E-state index < -0.39 is 5.54 Å². The molecular formula is C36H27NO. The Balaban J connectivity index is 1.62. The molecule has 0 saturated heterocycles. The zero-order valence-corrected chi connectivity index (χ0v) is 21.5. The number of carbonyl (C=O) groups excluding carboxylic acids is 1. The SMILES string of the molecule is Cc1ccc2cc(C3(c4ccc5cc(C)ccc5c4)c4ccccc4C(=O)N3c3ccccc3)ccc2c1. The van der Waals surface area contributed by atoms with Gasteiger partial charge in [-0.3, -0.25) is 9.69 Å². The van der Waals surface area contributed by atoms with Crippen LogP contribution in [0, 0.1) is 13.8 Å². The van der Waals surface area contributed by atoms with Crippen LogP contribution in [0.1, 0.15) is 38.2 Å². The van der Waals surface area contributed by atoms with Crippen molar-refractivity contribution in [1.82, 2.24) is 0 Å². The molecule has 38 heavy (non-hydrogen) atoms. The van der Waals surface area contributed by atoms with Crippen molar-refractivity contribution >= 4 is 33.1 Å². The Hall–Kier alpha value is -4.69. The lowest BCUT2D eigenvalue weighted by Crippen LogP contribution is -2.46. The molecule has 0 radical (unpaired) electrons. The Labute approximate surface area is 222 Å². The highest BCUT2D eigenvalue weighted by Gasteiger charge is 2.52. The average molecular weight is 490 g/mol. The molecule has 0 N–H and O–H groups in total. The number of anilines is 1. The monoisotopic (exact) mass is 489 g/mol. The molecule has 7 rings (SSSR count). The van der Waals surface area contributed by atoms with Gasteiger partial charge in [-0.2, -0.15) is 0 Å². The smallest absolute Gasteiger partial charge is 0.260 e. The summed E-state index contributed by atoms with van der Waals surface area (Å²) in [6.45, 7) is 4.24. The summed E-state index contributed by atoms with van der Waals surface area (Å²) in [5.74, 6) is 0.0137. The Kier molecular flexibility index (Phi) is 4.99. The molecule has 2 nitrogen and oxygen atoms in total. The molecule has 6 aromatic carbocycles. The van der Waals surface area contributed by atoms with Crippen molar-refractivity contribution in [2.24, 2.45) is 0 Å². The number of amides is 1. The van der Waals surface area contributed by atoms with E-state index in [0.29, 0.717) is 0 Å². The third-order valence-corrected chi connectivity index (χ3v) is 7.93. The van der Waals surface area contributed by atoms with Gasteiger partial charge in [0.15, 0.2) is 0 Å². The van der Waals surface area contributed by atoms with Crippen molar-refractivity contribution in [3.05, 3.63) is 161 Å². The molecule has 182 valence electrons.